The SMILES string of the molecule is CN1C[C@@H](O)CNS(=O)(=O)c2ccc(-c3cccnc3)cc2O[C@H]2CN(Cc3ccccc3O)C[C@H]21. The highest BCUT2D eigenvalue weighted by Gasteiger charge is 2.39. The number of nitrogens with zero attached hydrogens (tertiary/aromatic N) is 3. The van der Waals surface area contributed by atoms with Crippen LogP contribution in [0.5, 0.6) is 11.5 Å². The van der Waals surface area contributed by atoms with Crippen molar-refractivity contribution in [3.63, 3.8) is 0 Å². The van der Waals surface area contributed by atoms with Crippen molar-refractivity contribution in [2.75, 3.05) is 33.2 Å². The number of aromatic nitrogens is 1. The van der Waals surface area contributed by atoms with Crippen molar-refractivity contribution in [3.05, 3.63) is 72.6 Å². The molecule has 0 aliphatic carbocycles. The second-order valence-electron chi connectivity index (χ2n) is 9.39. The van der Waals surface area contributed by atoms with Gasteiger partial charge in [0.15, 0.2) is 0 Å². The van der Waals surface area contributed by atoms with Crippen LogP contribution in [0.3, 0.4) is 0 Å². The number of hydrogen-bond donors (Lipinski definition) is 3. The summed E-state index contributed by atoms with van der Waals surface area (Å²) in [4.78, 5) is 8.40. The molecule has 2 aliphatic heterocycles. The van der Waals surface area contributed by atoms with Gasteiger partial charge in [-0.1, -0.05) is 30.3 Å². The van der Waals surface area contributed by atoms with E-state index in [1.807, 2.05) is 36.2 Å². The van der Waals surface area contributed by atoms with Gasteiger partial charge in [0.1, 0.15) is 22.5 Å². The summed E-state index contributed by atoms with van der Waals surface area (Å²) in [6, 6.07) is 15.9. The first kappa shape index (κ1) is 24.7. The van der Waals surface area contributed by atoms with E-state index in [0.29, 0.717) is 19.6 Å². The van der Waals surface area contributed by atoms with Crippen LogP contribution in [-0.4, -0.2) is 84.9 Å². The van der Waals surface area contributed by atoms with Gasteiger partial charge in [-0.2, -0.15) is 0 Å². The fraction of sp³-hybridized carbons (Fsp3) is 0.346. The lowest BCUT2D eigenvalue weighted by molar-refractivity contribution is 0.0713. The number of phenols is 1. The number of aliphatic hydroxyl groups is 1. The number of sulfonamides is 1. The first-order valence-electron chi connectivity index (χ1n) is 11.9. The smallest absolute Gasteiger partial charge is 0.244 e. The summed E-state index contributed by atoms with van der Waals surface area (Å²) >= 11 is 0. The lowest BCUT2D eigenvalue weighted by atomic mass is 10.1. The molecule has 3 heterocycles. The second-order valence-corrected chi connectivity index (χ2v) is 11.1. The molecule has 3 aromatic rings. The summed E-state index contributed by atoms with van der Waals surface area (Å²) in [7, 11) is -2.01. The number of aliphatic hydroxyl groups excluding tert-OH is 1. The molecule has 0 saturated carbocycles. The Morgan fingerprint density at radius 2 is 1.92 bits per heavy atom. The number of benzene rings is 2. The summed E-state index contributed by atoms with van der Waals surface area (Å²) in [6.07, 6.45) is 2.16. The summed E-state index contributed by atoms with van der Waals surface area (Å²) in [5.74, 6) is 0.494. The van der Waals surface area contributed by atoms with Crippen molar-refractivity contribution in [1.82, 2.24) is 19.5 Å². The number of ether oxygens (including phenoxy) is 1. The fourth-order valence-corrected chi connectivity index (χ4v) is 6.09. The highest BCUT2D eigenvalue weighted by Crippen LogP contribution is 2.33. The molecule has 5 rings (SSSR count). The third kappa shape index (κ3) is 5.23. The van der Waals surface area contributed by atoms with Crippen molar-refractivity contribution >= 4 is 10.0 Å². The second kappa shape index (κ2) is 10.2. The van der Waals surface area contributed by atoms with Gasteiger partial charge in [0.25, 0.3) is 0 Å². The highest BCUT2D eigenvalue weighted by atomic mass is 32.2. The van der Waals surface area contributed by atoms with Gasteiger partial charge in [-0.15, -0.1) is 0 Å². The molecule has 190 valence electrons. The average Bonchev–Trinajstić information content (AvgIpc) is 3.26. The van der Waals surface area contributed by atoms with Gasteiger partial charge in [0.05, 0.1) is 12.1 Å². The van der Waals surface area contributed by atoms with Gasteiger partial charge in [0, 0.05) is 56.2 Å². The highest BCUT2D eigenvalue weighted by molar-refractivity contribution is 7.89. The minimum absolute atomic E-state index is 0.0322. The van der Waals surface area contributed by atoms with Crippen LogP contribution in [0.1, 0.15) is 5.56 Å². The van der Waals surface area contributed by atoms with Crippen molar-refractivity contribution in [1.29, 1.82) is 0 Å². The van der Waals surface area contributed by atoms with E-state index in [4.69, 9.17) is 4.74 Å². The van der Waals surface area contributed by atoms with Gasteiger partial charge in [-0.05, 0) is 36.9 Å². The molecule has 0 bridgehead atoms. The molecule has 3 atom stereocenters. The summed E-state index contributed by atoms with van der Waals surface area (Å²) in [6.45, 7) is 1.88. The number of fused-ring (bicyclic) bond motifs is 2. The third-order valence-corrected chi connectivity index (χ3v) is 8.24. The Morgan fingerprint density at radius 3 is 2.69 bits per heavy atom. The maximum atomic E-state index is 13.2. The predicted octanol–water partition coefficient (Wildman–Crippen LogP) is 1.67. The molecule has 2 aliphatic rings. The van der Waals surface area contributed by atoms with Crippen LogP contribution in [0.25, 0.3) is 11.1 Å². The zero-order valence-electron chi connectivity index (χ0n) is 20.0. The molecule has 0 radical (unpaired) electrons. The van der Waals surface area contributed by atoms with E-state index in [0.717, 1.165) is 16.7 Å². The minimum Gasteiger partial charge on any atom is -0.508 e. The maximum absolute atomic E-state index is 13.2. The Hall–Kier alpha value is -3.02. The number of pyridine rings is 1. The van der Waals surface area contributed by atoms with E-state index in [2.05, 4.69) is 14.6 Å². The molecular weight excluding hydrogens is 480 g/mol. The van der Waals surface area contributed by atoms with Gasteiger partial charge < -0.3 is 14.9 Å². The van der Waals surface area contributed by atoms with Gasteiger partial charge >= 0.3 is 0 Å². The Morgan fingerprint density at radius 1 is 1.08 bits per heavy atom. The minimum atomic E-state index is -3.92. The molecule has 3 N–H and O–H groups in total. The largest absolute Gasteiger partial charge is 0.508 e. The number of β-amino-alcohol motifs (C(OH)–C–C–N with tert-alkyl or cyclic N) is 1. The van der Waals surface area contributed by atoms with Crippen molar-refractivity contribution in [2.24, 2.45) is 0 Å². The van der Waals surface area contributed by atoms with Crippen LogP contribution in [-0.2, 0) is 16.6 Å². The number of phenolic OH excluding ortho intramolecular Hbond substituents is 1. The quantitative estimate of drug-likeness (QED) is 0.488. The normalized spacial score (nSPS) is 24.8. The first-order chi connectivity index (χ1) is 17.3. The Bertz CT molecular complexity index is 1320. The Labute approximate surface area is 211 Å². The monoisotopic (exact) mass is 510 g/mol. The van der Waals surface area contributed by atoms with E-state index in [9.17, 15) is 18.6 Å². The number of nitrogens with one attached hydrogen (secondary N) is 1. The molecule has 0 spiro atoms. The molecule has 9 nitrogen and oxygen atoms in total. The Kier molecular flexibility index (Phi) is 6.96. The standard InChI is InChI=1S/C26H30N4O5S/c1-29-15-21(31)13-28-36(33,34)26-9-8-18(19-6-4-10-27-12-19)11-24(26)35-25-17-30(16-22(25)29)14-20-5-2-3-7-23(20)32/h2-12,21-22,25,28,31-32H,13-17H2,1H3/t21-,22+,25-/m0/s1. The number of para-hydroxylation sites is 1. The third-order valence-electron chi connectivity index (χ3n) is 6.78. The number of likely N-dealkylation sites (N-methyl/N-ethyl adjacent to an activating group) is 1. The Balaban J connectivity index is 1.51. The predicted molar refractivity (Wildman–Crippen MR) is 135 cm³/mol. The molecule has 10 heteroatoms. The van der Waals surface area contributed by atoms with Crippen molar-refractivity contribution in [2.45, 2.75) is 29.7 Å². The van der Waals surface area contributed by atoms with Crippen LogP contribution >= 0.6 is 0 Å². The number of rotatable bonds is 3. The van der Waals surface area contributed by atoms with Gasteiger partial charge in [-0.25, -0.2) is 13.1 Å². The molecule has 1 saturated heterocycles. The number of hydrogen-bond acceptors (Lipinski definition) is 8. The van der Waals surface area contributed by atoms with E-state index in [1.165, 1.54) is 6.07 Å². The van der Waals surface area contributed by atoms with Crippen LogP contribution in [0, 0.1) is 0 Å². The van der Waals surface area contributed by atoms with Crippen molar-refractivity contribution in [3.8, 4) is 22.6 Å². The maximum Gasteiger partial charge on any atom is 0.244 e. The first-order valence-corrected chi connectivity index (χ1v) is 13.4. The lowest BCUT2D eigenvalue weighted by Gasteiger charge is -2.30. The molecular formula is C26H30N4O5S. The summed E-state index contributed by atoms with van der Waals surface area (Å²) in [5, 5.41) is 20.8. The van der Waals surface area contributed by atoms with Gasteiger partial charge in [-0.3, -0.25) is 14.8 Å². The zero-order chi connectivity index (χ0) is 25.3. The van der Waals surface area contributed by atoms with Crippen molar-refractivity contribution < 1.29 is 23.4 Å². The number of aromatic hydroxyl groups is 1. The fourth-order valence-electron chi connectivity index (χ4n) is 4.90. The van der Waals surface area contributed by atoms with Gasteiger partial charge in [0.2, 0.25) is 10.0 Å². The van der Waals surface area contributed by atoms with Crippen LogP contribution in [0.4, 0.5) is 0 Å². The van der Waals surface area contributed by atoms with Crippen LogP contribution < -0.4 is 9.46 Å². The topological polar surface area (TPSA) is 115 Å². The van der Waals surface area contributed by atoms with Crippen LogP contribution in [0.2, 0.25) is 0 Å². The molecule has 1 aromatic heterocycles. The van der Waals surface area contributed by atoms with E-state index >= 15 is 0 Å². The molecule has 0 amide bonds. The molecule has 36 heavy (non-hydrogen) atoms. The van der Waals surface area contributed by atoms with Crippen LogP contribution in [0.15, 0.2) is 71.9 Å². The molecule has 1 fully saturated rings. The lowest BCUT2D eigenvalue weighted by Crippen LogP contribution is -2.47. The molecule has 0 unspecified atom stereocenters. The summed E-state index contributed by atoms with van der Waals surface area (Å²) in [5.41, 5.74) is 2.45. The average molecular weight is 511 g/mol. The zero-order valence-corrected chi connectivity index (χ0v) is 20.8. The molecule has 2 aromatic carbocycles. The summed E-state index contributed by atoms with van der Waals surface area (Å²) < 4.78 is 35.3. The van der Waals surface area contributed by atoms with E-state index < -0.39 is 16.1 Å². The van der Waals surface area contributed by atoms with E-state index in [-0.39, 0.29) is 41.6 Å². The number of likely N-dealkylation sites (tertiary alicyclic amines) is 1. The van der Waals surface area contributed by atoms with E-state index in [1.54, 1.807) is 36.7 Å².